The van der Waals surface area contributed by atoms with Gasteiger partial charge in [0.25, 0.3) is 0 Å². The number of carbonyl (C=O) groups excluding carboxylic acids is 1. The second kappa shape index (κ2) is 4.09. The van der Waals surface area contributed by atoms with Crippen molar-refractivity contribution in [3.05, 3.63) is 30.1 Å². The molecule has 1 amide bonds. The highest BCUT2D eigenvalue weighted by Crippen LogP contribution is 2.25. The van der Waals surface area contributed by atoms with E-state index in [4.69, 9.17) is 5.26 Å². The van der Waals surface area contributed by atoms with E-state index in [9.17, 15) is 4.79 Å². The number of amides is 1. The van der Waals surface area contributed by atoms with Crippen molar-refractivity contribution in [1.82, 2.24) is 10.3 Å². The Balaban J connectivity index is 2.10. The molecule has 2 atom stereocenters. The van der Waals surface area contributed by atoms with E-state index in [1.807, 2.05) is 18.2 Å². The third-order valence-corrected chi connectivity index (χ3v) is 2.62. The summed E-state index contributed by atoms with van der Waals surface area (Å²) in [6, 6.07) is 5.79. The van der Waals surface area contributed by atoms with E-state index in [1.54, 1.807) is 12.4 Å². The van der Waals surface area contributed by atoms with Crippen LogP contribution in [-0.4, -0.2) is 10.9 Å². The maximum atomic E-state index is 11.5. The molecule has 1 aliphatic heterocycles. The Morgan fingerprint density at radius 2 is 2.40 bits per heavy atom. The molecule has 0 bridgehead atoms. The number of aromatic nitrogens is 1. The molecule has 0 saturated carbocycles. The van der Waals surface area contributed by atoms with Crippen molar-refractivity contribution in [3.8, 4) is 6.07 Å². The number of piperidine rings is 1. The lowest BCUT2D eigenvalue weighted by atomic mass is 9.92. The molecule has 2 heterocycles. The molecular weight excluding hydrogens is 190 g/mol. The zero-order valence-corrected chi connectivity index (χ0v) is 8.18. The number of nitrogens with one attached hydrogen (secondary N) is 1. The summed E-state index contributed by atoms with van der Waals surface area (Å²) in [5, 5.41) is 11.5. The zero-order valence-electron chi connectivity index (χ0n) is 8.18. The standard InChI is InChI=1S/C11H11N3O/c12-6-8-3-4-10(14-11(8)15)9-2-1-5-13-7-9/h1-2,5,7-8,10H,3-4H2,(H,14,15). The van der Waals surface area contributed by atoms with E-state index < -0.39 is 5.92 Å². The lowest BCUT2D eigenvalue weighted by molar-refractivity contribution is -0.126. The largest absolute Gasteiger partial charge is 0.348 e. The SMILES string of the molecule is N#CC1CCC(c2cccnc2)NC1=O. The number of nitriles is 1. The highest BCUT2D eigenvalue weighted by molar-refractivity contribution is 5.82. The monoisotopic (exact) mass is 201 g/mol. The Labute approximate surface area is 87.9 Å². The first kappa shape index (κ1) is 9.66. The summed E-state index contributed by atoms with van der Waals surface area (Å²) in [6.45, 7) is 0. The molecule has 0 aromatic carbocycles. The van der Waals surface area contributed by atoms with E-state index in [0.29, 0.717) is 6.42 Å². The van der Waals surface area contributed by atoms with Gasteiger partial charge in [0.2, 0.25) is 5.91 Å². The minimum atomic E-state index is -0.488. The van der Waals surface area contributed by atoms with Gasteiger partial charge in [0, 0.05) is 12.4 Å². The molecule has 2 rings (SSSR count). The quantitative estimate of drug-likeness (QED) is 0.741. The van der Waals surface area contributed by atoms with Gasteiger partial charge >= 0.3 is 0 Å². The second-order valence-electron chi connectivity index (χ2n) is 3.61. The first-order valence-electron chi connectivity index (χ1n) is 4.91. The molecule has 4 heteroatoms. The summed E-state index contributed by atoms with van der Waals surface area (Å²) < 4.78 is 0. The van der Waals surface area contributed by atoms with Gasteiger partial charge in [-0.3, -0.25) is 9.78 Å². The van der Waals surface area contributed by atoms with Crippen LogP contribution in [0.5, 0.6) is 0 Å². The molecule has 0 spiro atoms. The van der Waals surface area contributed by atoms with Gasteiger partial charge in [-0.2, -0.15) is 5.26 Å². The molecule has 76 valence electrons. The van der Waals surface area contributed by atoms with Crippen LogP contribution < -0.4 is 5.32 Å². The Hall–Kier alpha value is -1.89. The summed E-state index contributed by atoms with van der Waals surface area (Å²) in [6.07, 6.45) is 4.88. The number of carbonyl (C=O) groups is 1. The smallest absolute Gasteiger partial charge is 0.237 e. The fourth-order valence-electron chi connectivity index (χ4n) is 1.76. The molecule has 1 saturated heterocycles. The first-order chi connectivity index (χ1) is 7.31. The lowest BCUT2D eigenvalue weighted by Crippen LogP contribution is -2.38. The van der Waals surface area contributed by atoms with Crippen LogP contribution in [0.2, 0.25) is 0 Å². The van der Waals surface area contributed by atoms with Crippen molar-refractivity contribution in [2.24, 2.45) is 5.92 Å². The number of pyridine rings is 1. The fourth-order valence-corrected chi connectivity index (χ4v) is 1.76. The van der Waals surface area contributed by atoms with Gasteiger partial charge in [0.15, 0.2) is 0 Å². The Kier molecular flexibility index (Phi) is 2.64. The molecular formula is C11H11N3O. The number of hydrogen-bond donors (Lipinski definition) is 1. The maximum absolute atomic E-state index is 11.5. The average molecular weight is 201 g/mol. The van der Waals surface area contributed by atoms with E-state index in [0.717, 1.165) is 12.0 Å². The minimum Gasteiger partial charge on any atom is -0.348 e. The number of rotatable bonds is 1. The zero-order chi connectivity index (χ0) is 10.7. The number of nitrogens with zero attached hydrogens (tertiary/aromatic N) is 2. The van der Waals surface area contributed by atoms with Crippen molar-refractivity contribution in [2.45, 2.75) is 18.9 Å². The van der Waals surface area contributed by atoms with E-state index in [2.05, 4.69) is 10.3 Å². The lowest BCUT2D eigenvalue weighted by Gasteiger charge is -2.25. The van der Waals surface area contributed by atoms with Gasteiger partial charge < -0.3 is 5.32 Å². The van der Waals surface area contributed by atoms with Crippen molar-refractivity contribution >= 4 is 5.91 Å². The second-order valence-corrected chi connectivity index (χ2v) is 3.61. The third kappa shape index (κ3) is 1.96. The van der Waals surface area contributed by atoms with E-state index in [1.165, 1.54) is 0 Å². The molecule has 1 N–H and O–H groups in total. The van der Waals surface area contributed by atoms with Gasteiger partial charge in [-0.15, -0.1) is 0 Å². The summed E-state index contributed by atoms with van der Waals surface area (Å²) in [7, 11) is 0. The Bertz CT molecular complexity index is 396. The van der Waals surface area contributed by atoms with Crippen LogP contribution in [0.25, 0.3) is 0 Å². The topological polar surface area (TPSA) is 65.8 Å². The predicted molar refractivity (Wildman–Crippen MR) is 53.5 cm³/mol. The summed E-state index contributed by atoms with van der Waals surface area (Å²) in [5.41, 5.74) is 1.00. The van der Waals surface area contributed by atoms with Crippen LogP contribution in [0, 0.1) is 17.2 Å². The van der Waals surface area contributed by atoms with Crippen molar-refractivity contribution in [2.75, 3.05) is 0 Å². The molecule has 0 radical (unpaired) electrons. The number of hydrogen-bond acceptors (Lipinski definition) is 3. The minimum absolute atomic E-state index is 0.01000. The molecule has 2 unspecified atom stereocenters. The summed E-state index contributed by atoms with van der Waals surface area (Å²) in [4.78, 5) is 15.5. The average Bonchev–Trinajstić information content (AvgIpc) is 2.30. The molecule has 1 aliphatic rings. The van der Waals surface area contributed by atoms with E-state index in [-0.39, 0.29) is 11.9 Å². The van der Waals surface area contributed by atoms with Gasteiger partial charge in [-0.1, -0.05) is 6.07 Å². The van der Waals surface area contributed by atoms with Crippen LogP contribution in [0.1, 0.15) is 24.4 Å². The molecule has 15 heavy (non-hydrogen) atoms. The molecule has 4 nitrogen and oxygen atoms in total. The van der Waals surface area contributed by atoms with Crippen LogP contribution in [-0.2, 0) is 4.79 Å². The molecule has 1 aromatic rings. The Morgan fingerprint density at radius 3 is 3.00 bits per heavy atom. The Morgan fingerprint density at radius 1 is 1.53 bits per heavy atom. The summed E-state index contributed by atoms with van der Waals surface area (Å²) in [5.74, 6) is -0.657. The maximum Gasteiger partial charge on any atom is 0.237 e. The van der Waals surface area contributed by atoms with E-state index >= 15 is 0 Å². The highest BCUT2D eigenvalue weighted by atomic mass is 16.2. The fraction of sp³-hybridized carbons (Fsp3) is 0.364. The first-order valence-corrected chi connectivity index (χ1v) is 4.91. The van der Waals surface area contributed by atoms with Gasteiger partial charge in [0.05, 0.1) is 12.1 Å². The van der Waals surface area contributed by atoms with Crippen molar-refractivity contribution < 1.29 is 4.79 Å². The van der Waals surface area contributed by atoms with Gasteiger partial charge in [-0.25, -0.2) is 0 Å². The van der Waals surface area contributed by atoms with Crippen LogP contribution >= 0.6 is 0 Å². The van der Waals surface area contributed by atoms with Crippen LogP contribution in [0.15, 0.2) is 24.5 Å². The van der Waals surface area contributed by atoms with Crippen LogP contribution in [0.4, 0.5) is 0 Å². The highest BCUT2D eigenvalue weighted by Gasteiger charge is 2.28. The van der Waals surface area contributed by atoms with Crippen LogP contribution in [0.3, 0.4) is 0 Å². The van der Waals surface area contributed by atoms with Gasteiger partial charge in [-0.05, 0) is 24.5 Å². The third-order valence-electron chi connectivity index (χ3n) is 2.62. The molecule has 1 aromatic heterocycles. The predicted octanol–water partition coefficient (Wildman–Crippen LogP) is 1.17. The van der Waals surface area contributed by atoms with Crippen molar-refractivity contribution in [1.29, 1.82) is 5.26 Å². The summed E-state index contributed by atoms with van der Waals surface area (Å²) >= 11 is 0. The van der Waals surface area contributed by atoms with Crippen molar-refractivity contribution in [3.63, 3.8) is 0 Å². The van der Waals surface area contributed by atoms with Gasteiger partial charge in [0.1, 0.15) is 5.92 Å². The molecule has 1 fully saturated rings. The molecule has 0 aliphatic carbocycles. The normalized spacial score (nSPS) is 25.4.